The zero-order valence-electron chi connectivity index (χ0n) is 18.1. The molecule has 0 aliphatic rings. The van der Waals surface area contributed by atoms with E-state index in [4.69, 9.17) is 4.99 Å². The molecule has 2 aromatic rings. The Morgan fingerprint density at radius 1 is 1.18 bits per heavy atom. The van der Waals surface area contributed by atoms with E-state index in [1.54, 1.807) is 0 Å². The van der Waals surface area contributed by atoms with Gasteiger partial charge in [-0.05, 0) is 64.9 Å². The molecule has 6 nitrogen and oxygen atoms in total. The fourth-order valence-corrected chi connectivity index (χ4v) is 3.41. The highest BCUT2D eigenvalue weighted by atomic mass is 15.2. The lowest BCUT2D eigenvalue weighted by atomic mass is 10.2. The summed E-state index contributed by atoms with van der Waals surface area (Å²) in [6.45, 7) is 14.9. The molecule has 0 aliphatic heterocycles. The zero-order chi connectivity index (χ0) is 20.2. The predicted molar refractivity (Wildman–Crippen MR) is 120 cm³/mol. The van der Waals surface area contributed by atoms with Gasteiger partial charge in [0.1, 0.15) is 0 Å². The molecule has 0 radical (unpaired) electrons. The molecule has 2 rings (SSSR count). The van der Waals surface area contributed by atoms with Crippen molar-refractivity contribution in [1.82, 2.24) is 25.1 Å². The molecule has 0 saturated heterocycles. The van der Waals surface area contributed by atoms with Crippen LogP contribution >= 0.6 is 0 Å². The van der Waals surface area contributed by atoms with E-state index in [1.807, 2.05) is 12.4 Å². The molecule has 0 fully saturated rings. The van der Waals surface area contributed by atoms with Crippen molar-refractivity contribution < 1.29 is 0 Å². The van der Waals surface area contributed by atoms with Gasteiger partial charge in [-0.15, -0.1) is 0 Å². The van der Waals surface area contributed by atoms with Crippen LogP contribution in [0, 0.1) is 0 Å². The summed E-state index contributed by atoms with van der Waals surface area (Å²) < 4.78 is 2.21. The maximum atomic E-state index is 4.76. The van der Waals surface area contributed by atoms with Gasteiger partial charge in [0.2, 0.25) is 0 Å². The normalized spacial score (nSPS) is 13.2. The van der Waals surface area contributed by atoms with Crippen molar-refractivity contribution >= 4 is 17.0 Å². The first-order valence-corrected chi connectivity index (χ1v) is 10.8. The molecule has 156 valence electrons. The summed E-state index contributed by atoms with van der Waals surface area (Å²) in [6.07, 6.45) is 5.29. The van der Waals surface area contributed by atoms with Crippen LogP contribution in [-0.4, -0.2) is 59.2 Å². The number of para-hydroxylation sites is 2. The quantitative estimate of drug-likeness (QED) is 0.333. The second-order valence-corrected chi connectivity index (χ2v) is 7.26. The lowest BCUT2D eigenvalue weighted by molar-refractivity contribution is 0.292. The summed E-state index contributed by atoms with van der Waals surface area (Å²) in [6, 6.07) is 8.69. The minimum atomic E-state index is 0.422. The van der Waals surface area contributed by atoms with Crippen molar-refractivity contribution in [3.8, 4) is 0 Å². The van der Waals surface area contributed by atoms with E-state index in [-0.39, 0.29) is 0 Å². The van der Waals surface area contributed by atoms with Crippen molar-refractivity contribution in [2.45, 2.75) is 59.5 Å². The summed E-state index contributed by atoms with van der Waals surface area (Å²) in [7, 11) is 0. The number of imidazole rings is 1. The van der Waals surface area contributed by atoms with Crippen LogP contribution in [0.1, 0.15) is 47.0 Å². The summed E-state index contributed by atoms with van der Waals surface area (Å²) >= 11 is 0. The molecule has 1 heterocycles. The third-order valence-electron chi connectivity index (χ3n) is 5.09. The Morgan fingerprint density at radius 3 is 2.71 bits per heavy atom. The second-order valence-electron chi connectivity index (χ2n) is 7.26. The van der Waals surface area contributed by atoms with E-state index in [9.17, 15) is 0 Å². The highest BCUT2D eigenvalue weighted by Gasteiger charge is 2.07. The van der Waals surface area contributed by atoms with E-state index in [2.05, 4.69) is 71.0 Å². The molecule has 0 spiro atoms. The Balaban J connectivity index is 1.76. The monoisotopic (exact) mass is 386 g/mol. The van der Waals surface area contributed by atoms with Crippen molar-refractivity contribution in [3.63, 3.8) is 0 Å². The van der Waals surface area contributed by atoms with Gasteiger partial charge in [-0.3, -0.25) is 4.99 Å². The number of nitrogens with zero attached hydrogens (tertiary/aromatic N) is 4. The number of hydrogen-bond acceptors (Lipinski definition) is 3. The Morgan fingerprint density at radius 2 is 1.96 bits per heavy atom. The number of nitrogens with one attached hydrogen (secondary N) is 2. The van der Waals surface area contributed by atoms with E-state index < -0.39 is 0 Å². The minimum absolute atomic E-state index is 0.422. The maximum Gasteiger partial charge on any atom is 0.191 e. The van der Waals surface area contributed by atoms with Crippen LogP contribution < -0.4 is 10.6 Å². The lowest BCUT2D eigenvalue weighted by Crippen LogP contribution is -2.42. The molecule has 1 atom stereocenters. The lowest BCUT2D eigenvalue weighted by Gasteiger charge is -2.21. The minimum Gasteiger partial charge on any atom is -0.357 e. The van der Waals surface area contributed by atoms with Crippen LogP contribution in [0.25, 0.3) is 11.0 Å². The number of fused-ring (bicyclic) bond motifs is 1. The molecule has 0 bridgehead atoms. The van der Waals surface area contributed by atoms with E-state index >= 15 is 0 Å². The number of aliphatic imine (C=N–C) groups is 1. The van der Waals surface area contributed by atoms with Crippen molar-refractivity contribution in [2.75, 3.05) is 32.7 Å². The molecule has 6 heteroatoms. The van der Waals surface area contributed by atoms with Crippen LogP contribution in [0.3, 0.4) is 0 Å². The summed E-state index contributed by atoms with van der Waals surface area (Å²) in [5, 5.41) is 6.92. The standard InChI is InChI=1S/C22H38N6/c1-5-23-22(26-19(4)12-10-16-27(6-2)7-3)24-15-11-17-28-18-25-20-13-8-9-14-21(20)28/h8-9,13-14,18-19H,5-7,10-12,15-17H2,1-4H3,(H2,23,24,26). The van der Waals surface area contributed by atoms with Gasteiger partial charge in [0, 0.05) is 25.7 Å². The molecule has 1 unspecified atom stereocenters. The average molecular weight is 387 g/mol. The molecule has 28 heavy (non-hydrogen) atoms. The van der Waals surface area contributed by atoms with Crippen LogP contribution in [-0.2, 0) is 6.54 Å². The third kappa shape index (κ3) is 7.15. The number of aryl methyl sites for hydroxylation is 1. The van der Waals surface area contributed by atoms with Gasteiger partial charge < -0.3 is 20.1 Å². The number of hydrogen-bond donors (Lipinski definition) is 2. The Labute approximate surface area is 170 Å². The van der Waals surface area contributed by atoms with Crippen molar-refractivity contribution in [1.29, 1.82) is 0 Å². The smallest absolute Gasteiger partial charge is 0.191 e. The molecule has 2 N–H and O–H groups in total. The third-order valence-corrected chi connectivity index (χ3v) is 5.09. The number of guanidine groups is 1. The van der Waals surface area contributed by atoms with Gasteiger partial charge in [0.05, 0.1) is 17.4 Å². The first-order valence-electron chi connectivity index (χ1n) is 10.8. The van der Waals surface area contributed by atoms with Gasteiger partial charge in [0.25, 0.3) is 0 Å². The van der Waals surface area contributed by atoms with Crippen molar-refractivity contribution in [3.05, 3.63) is 30.6 Å². The second kappa shape index (κ2) is 12.4. The zero-order valence-corrected chi connectivity index (χ0v) is 18.1. The molecule has 0 amide bonds. The van der Waals surface area contributed by atoms with Gasteiger partial charge in [-0.25, -0.2) is 4.98 Å². The molecule has 1 aromatic heterocycles. The fraction of sp³-hybridized carbons (Fsp3) is 0.636. The van der Waals surface area contributed by atoms with Gasteiger partial charge in [-0.1, -0.05) is 26.0 Å². The van der Waals surface area contributed by atoms with Gasteiger partial charge in [-0.2, -0.15) is 0 Å². The van der Waals surface area contributed by atoms with Gasteiger partial charge >= 0.3 is 0 Å². The van der Waals surface area contributed by atoms with E-state index in [1.165, 1.54) is 18.5 Å². The molecule has 0 aliphatic carbocycles. The summed E-state index contributed by atoms with van der Waals surface area (Å²) in [5.41, 5.74) is 2.25. The largest absolute Gasteiger partial charge is 0.357 e. The van der Waals surface area contributed by atoms with Crippen molar-refractivity contribution in [2.24, 2.45) is 4.99 Å². The summed E-state index contributed by atoms with van der Waals surface area (Å²) in [4.78, 5) is 11.7. The van der Waals surface area contributed by atoms with E-state index in [0.717, 1.165) is 57.0 Å². The maximum absolute atomic E-state index is 4.76. The first-order chi connectivity index (χ1) is 13.7. The SMILES string of the molecule is CCNC(=NCCCn1cnc2ccccc21)NC(C)CCCN(CC)CC. The highest BCUT2D eigenvalue weighted by Crippen LogP contribution is 2.12. The highest BCUT2D eigenvalue weighted by molar-refractivity contribution is 5.80. The van der Waals surface area contributed by atoms with E-state index in [0.29, 0.717) is 6.04 Å². The summed E-state index contributed by atoms with van der Waals surface area (Å²) in [5.74, 6) is 0.924. The van der Waals surface area contributed by atoms with Crippen LogP contribution in [0.2, 0.25) is 0 Å². The number of rotatable bonds is 12. The predicted octanol–water partition coefficient (Wildman–Crippen LogP) is 3.49. The molecular formula is C22H38N6. The average Bonchev–Trinajstić information content (AvgIpc) is 3.12. The Hall–Kier alpha value is -2.08. The first kappa shape index (κ1) is 22.2. The fourth-order valence-electron chi connectivity index (χ4n) is 3.41. The van der Waals surface area contributed by atoms with Crippen LogP contribution in [0.4, 0.5) is 0 Å². The molecular weight excluding hydrogens is 348 g/mol. The van der Waals surface area contributed by atoms with Gasteiger partial charge in [0.15, 0.2) is 5.96 Å². The van der Waals surface area contributed by atoms with Crippen LogP contribution in [0.15, 0.2) is 35.6 Å². The topological polar surface area (TPSA) is 57.5 Å². The number of benzene rings is 1. The Kier molecular flexibility index (Phi) is 9.83. The number of aromatic nitrogens is 2. The van der Waals surface area contributed by atoms with Crippen LogP contribution in [0.5, 0.6) is 0 Å². The molecule has 0 saturated carbocycles. The Bertz CT molecular complexity index is 704. The molecule has 1 aromatic carbocycles.